The quantitative estimate of drug-likeness (QED) is 0.766. The maximum absolute atomic E-state index is 12.6. The maximum Gasteiger partial charge on any atom is 0.216 e. The summed E-state index contributed by atoms with van der Waals surface area (Å²) >= 11 is 0. The Balaban J connectivity index is 2.10. The first kappa shape index (κ1) is 15.2. The Kier molecular flexibility index (Phi) is 5.22. The highest BCUT2D eigenvalue weighted by Gasteiger charge is 2.45. The molecule has 1 spiro atoms. The van der Waals surface area contributed by atoms with Crippen LogP contribution in [0, 0.1) is 0 Å². The van der Waals surface area contributed by atoms with E-state index in [0.29, 0.717) is 19.8 Å². The zero-order valence-corrected chi connectivity index (χ0v) is 12.7. The van der Waals surface area contributed by atoms with Gasteiger partial charge in [-0.05, 0) is 19.8 Å². The van der Waals surface area contributed by atoms with Crippen molar-refractivity contribution < 1.29 is 13.2 Å². The zero-order chi connectivity index (χ0) is 13.8. The summed E-state index contributed by atoms with van der Waals surface area (Å²) in [6.45, 7) is 4.94. The van der Waals surface area contributed by atoms with Crippen molar-refractivity contribution in [1.29, 1.82) is 0 Å². The standard InChI is InChI=1S/C13H26N2O3S/c1-2-18-10-11-19(16,17)15-9-8-14-12-13(15)6-4-3-5-7-13/h14H,2-12H2,1H3. The lowest BCUT2D eigenvalue weighted by atomic mass is 9.80. The van der Waals surface area contributed by atoms with E-state index in [1.165, 1.54) is 6.42 Å². The Hall–Kier alpha value is -0.170. The van der Waals surface area contributed by atoms with Gasteiger partial charge in [-0.3, -0.25) is 0 Å². The van der Waals surface area contributed by atoms with Crippen LogP contribution in [0.5, 0.6) is 0 Å². The molecule has 2 rings (SSSR count). The van der Waals surface area contributed by atoms with E-state index in [-0.39, 0.29) is 11.3 Å². The number of hydrogen-bond donors (Lipinski definition) is 1. The van der Waals surface area contributed by atoms with Crippen molar-refractivity contribution in [1.82, 2.24) is 9.62 Å². The van der Waals surface area contributed by atoms with Crippen LogP contribution in [0.4, 0.5) is 0 Å². The van der Waals surface area contributed by atoms with Gasteiger partial charge >= 0.3 is 0 Å². The maximum atomic E-state index is 12.6. The molecule has 1 aliphatic carbocycles. The van der Waals surface area contributed by atoms with Gasteiger partial charge in [0.05, 0.1) is 12.4 Å². The van der Waals surface area contributed by atoms with E-state index in [2.05, 4.69) is 5.32 Å². The van der Waals surface area contributed by atoms with Crippen LogP contribution in [-0.2, 0) is 14.8 Å². The van der Waals surface area contributed by atoms with E-state index in [4.69, 9.17) is 4.74 Å². The Morgan fingerprint density at radius 1 is 1.26 bits per heavy atom. The van der Waals surface area contributed by atoms with Gasteiger partial charge in [0, 0.05) is 31.8 Å². The average molecular weight is 290 g/mol. The van der Waals surface area contributed by atoms with Gasteiger partial charge in [0.25, 0.3) is 0 Å². The molecule has 0 aromatic rings. The highest BCUT2D eigenvalue weighted by Crippen LogP contribution is 2.36. The number of sulfonamides is 1. The van der Waals surface area contributed by atoms with E-state index in [1.807, 2.05) is 6.92 Å². The van der Waals surface area contributed by atoms with Gasteiger partial charge in [-0.25, -0.2) is 8.42 Å². The first-order valence-electron chi connectivity index (χ1n) is 7.40. The molecular weight excluding hydrogens is 264 g/mol. The fourth-order valence-corrected chi connectivity index (χ4v) is 5.07. The summed E-state index contributed by atoms with van der Waals surface area (Å²) in [6.07, 6.45) is 5.49. The summed E-state index contributed by atoms with van der Waals surface area (Å²) in [5, 5.41) is 3.38. The van der Waals surface area contributed by atoms with E-state index in [9.17, 15) is 8.42 Å². The third kappa shape index (κ3) is 3.48. The number of ether oxygens (including phenoxy) is 1. The molecule has 0 unspecified atom stereocenters. The van der Waals surface area contributed by atoms with Crippen LogP contribution in [0.3, 0.4) is 0 Å². The molecule has 1 aliphatic heterocycles. The van der Waals surface area contributed by atoms with Crippen molar-refractivity contribution in [3.05, 3.63) is 0 Å². The molecule has 1 saturated carbocycles. The minimum Gasteiger partial charge on any atom is -0.381 e. The number of piperazine rings is 1. The van der Waals surface area contributed by atoms with Gasteiger partial charge < -0.3 is 10.1 Å². The fraction of sp³-hybridized carbons (Fsp3) is 1.00. The van der Waals surface area contributed by atoms with Crippen molar-refractivity contribution in [2.45, 2.75) is 44.6 Å². The predicted molar refractivity (Wildman–Crippen MR) is 75.7 cm³/mol. The largest absolute Gasteiger partial charge is 0.381 e. The predicted octanol–water partition coefficient (Wildman–Crippen LogP) is 0.961. The second-order valence-corrected chi connectivity index (χ2v) is 7.56. The molecule has 1 saturated heterocycles. The highest BCUT2D eigenvalue weighted by molar-refractivity contribution is 7.89. The fourth-order valence-electron chi connectivity index (χ4n) is 3.32. The third-order valence-corrected chi connectivity index (χ3v) is 6.21. The van der Waals surface area contributed by atoms with Crippen LogP contribution in [-0.4, -0.2) is 56.9 Å². The van der Waals surface area contributed by atoms with Crippen LogP contribution in [0.2, 0.25) is 0 Å². The van der Waals surface area contributed by atoms with E-state index >= 15 is 0 Å². The second-order valence-electron chi connectivity index (χ2n) is 5.55. The Morgan fingerprint density at radius 3 is 2.68 bits per heavy atom. The lowest BCUT2D eigenvalue weighted by molar-refractivity contribution is 0.0989. The van der Waals surface area contributed by atoms with Crippen LogP contribution >= 0.6 is 0 Å². The van der Waals surface area contributed by atoms with Crippen molar-refractivity contribution in [2.24, 2.45) is 0 Å². The normalized spacial score (nSPS) is 24.7. The molecule has 0 amide bonds. The van der Waals surface area contributed by atoms with Crippen molar-refractivity contribution in [3.63, 3.8) is 0 Å². The number of nitrogens with zero attached hydrogens (tertiary/aromatic N) is 1. The molecular formula is C13H26N2O3S. The monoisotopic (exact) mass is 290 g/mol. The van der Waals surface area contributed by atoms with Gasteiger partial charge in [0.1, 0.15) is 0 Å². The van der Waals surface area contributed by atoms with Crippen LogP contribution in [0.15, 0.2) is 0 Å². The lowest BCUT2D eigenvalue weighted by Crippen LogP contribution is -2.64. The van der Waals surface area contributed by atoms with Gasteiger partial charge in [-0.1, -0.05) is 19.3 Å². The lowest BCUT2D eigenvalue weighted by Gasteiger charge is -2.48. The molecule has 0 radical (unpaired) electrons. The van der Waals surface area contributed by atoms with E-state index in [1.54, 1.807) is 4.31 Å². The van der Waals surface area contributed by atoms with Crippen molar-refractivity contribution in [2.75, 3.05) is 38.6 Å². The summed E-state index contributed by atoms with van der Waals surface area (Å²) < 4.78 is 32.1. The topological polar surface area (TPSA) is 58.6 Å². The molecule has 0 aromatic heterocycles. The molecule has 19 heavy (non-hydrogen) atoms. The molecule has 0 aromatic carbocycles. The zero-order valence-electron chi connectivity index (χ0n) is 11.9. The van der Waals surface area contributed by atoms with Crippen molar-refractivity contribution in [3.8, 4) is 0 Å². The molecule has 2 fully saturated rings. The summed E-state index contributed by atoms with van der Waals surface area (Å²) in [7, 11) is -3.20. The molecule has 112 valence electrons. The van der Waals surface area contributed by atoms with Crippen LogP contribution in [0.25, 0.3) is 0 Å². The smallest absolute Gasteiger partial charge is 0.216 e. The van der Waals surface area contributed by atoms with Gasteiger partial charge in [-0.2, -0.15) is 4.31 Å². The van der Waals surface area contributed by atoms with Gasteiger partial charge in [0.15, 0.2) is 0 Å². The molecule has 6 heteroatoms. The molecule has 1 N–H and O–H groups in total. The number of rotatable bonds is 5. The van der Waals surface area contributed by atoms with Gasteiger partial charge in [0.2, 0.25) is 10.0 Å². The van der Waals surface area contributed by atoms with E-state index in [0.717, 1.165) is 38.8 Å². The Morgan fingerprint density at radius 2 is 2.00 bits per heavy atom. The summed E-state index contributed by atoms with van der Waals surface area (Å²) in [5.41, 5.74) is -0.165. The van der Waals surface area contributed by atoms with E-state index < -0.39 is 10.0 Å². The van der Waals surface area contributed by atoms with Crippen LogP contribution in [0.1, 0.15) is 39.0 Å². The average Bonchev–Trinajstić information content (AvgIpc) is 2.40. The molecule has 1 heterocycles. The highest BCUT2D eigenvalue weighted by atomic mass is 32.2. The number of hydrogen-bond acceptors (Lipinski definition) is 4. The summed E-state index contributed by atoms with van der Waals surface area (Å²) in [4.78, 5) is 0. The SMILES string of the molecule is CCOCCS(=O)(=O)N1CCNCC12CCCCC2. The molecule has 2 aliphatic rings. The van der Waals surface area contributed by atoms with Crippen molar-refractivity contribution >= 4 is 10.0 Å². The minimum atomic E-state index is -3.20. The molecule has 0 bridgehead atoms. The first-order chi connectivity index (χ1) is 9.11. The first-order valence-corrected chi connectivity index (χ1v) is 9.01. The summed E-state index contributed by atoms with van der Waals surface area (Å²) in [5.74, 6) is 0.114. The van der Waals surface area contributed by atoms with Crippen LogP contribution < -0.4 is 5.32 Å². The Bertz CT molecular complexity index is 369. The van der Waals surface area contributed by atoms with Gasteiger partial charge in [-0.15, -0.1) is 0 Å². The summed E-state index contributed by atoms with van der Waals surface area (Å²) in [6, 6.07) is 0. The number of nitrogens with one attached hydrogen (secondary N) is 1. The third-order valence-electron chi connectivity index (χ3n) is 4.28. The molecule has 0 atom stereocenters. The second kappa shape index (κ2) is 6.52. The molecule has 5 nitrogen and oxygen atoms in total. The Labute approximate surface area is 116 Å². The minimum absolute atomic E-state index is 0.114.